The molecule has 0 aliphatic carbocycles. The third-order valence-corrected chi connectivity index (χ3v) is 6.88. The summed E-state index contributed by atoms with van der Waals surface area (Å²) >= 11 is 1.78. The van der Waals surface area contributed by atoms with Crippen molar-refractivity contribution in [2.45, 2.75) is 31.7 Å². The number of aromatic nitrogens is 1. The van der Waals surface area contributed by atoms with Gasteiger partial charge in [-0.15, -0.1) is 11.3 Å². The summed E-state index contributed by atoms with van der Waals surface area (Å²) in [5.74, 6) is 1.76. The second kappa shape index (κ2) is 7.65. The number of nitrogens with one attached hydrogen (secondary N) is 1. The number of anilines is 1. The molecule has 0 bridgehead atoms. The fraction of sp³-hybridized carbons (Fsp3) is 0.364. The zero-order valence-electron chi connectivity index (χ0n) is 16.3. The first-order chi connectivity index (χ1) is 14.2. The van der Waals surface area contributed by atoms with E-state index in [0.717, 1.165) is 37.1 Å². The predicted octanol–water partition coefficient (Wildman–Crippen LogP) is 4.23. The molecular weight excluding hydrogens is 386 g/mol. The molecule has 29 heavy (non-hydrogen) atoms. The lowest BCUT2D eigenvalue weighted by atomic mass is 9.97. The van der Waals surface area contributed by atoms with E-state index in [-0.39, 0.29) is 18.7 Å². The van der Waals surface area contributed by atoms with Gasteiger partial charge in [0, 0.05) is 24.2 Å². The quantitative estimate of drug-likeness (QED) is 0.699. The topological polar surface area (TPSA) is 63.7 Å². The van der Waals surface area contributed by atoms with Crippen LogP contribution in [-0.2, 0) is 4.79 Å². The summed E-state index contributed by atoms with van der Waals surface area (Å²) in [6.45, 7) is 3.99. The number of nitrogens with zero attached hydrogens (tertiary/aromatic N) is 2. The van der Waals surface area contributed by atoms with E-state index in [2.05, 4.69) is 28.4 Å². The number of hydrogen-bond acceptors (Lipinski definition) is 6. The van der Waals surface area contributed by atoms with Crippen LogP contribution in [0.3, 0.4) is 0 Å². The molecule has 2 aromatic carbocycles. The molecule has 6 nitrogen and oxygen atoms in total. The van der Waals surface area contributed by atoms with Crippen molar-refractivity contribution in [3.05, 3.63) is 47.5 Å². The van der Waals surface area contributed by atoms with Crippen LogP contribution in [0.25, 0.3) is 10.2 Å². The third-order valence-electron chi connectivity index (χ3n) is 5.68. The maximum atomic E-state index is 12.9. The standard InChI is InChI=1S/C22H23N3O3S/c1-14(21(26)23-16-8-9-18-19(11-16)28-13-27-18)25-10-4-5-15(12-25)22-24-17-6-2-3-7-20(17)29-22/h2-3,6-9,11,14-15H,4-5,10,12-13H2,1H3,(H,23,26)/t14-,15+/m0/s1. The van der Waals surface area contributed by atoms with Gasteiger partial charge in [-0.2, -0.15) is 0 Å². The number of likely N-dealkylation sites (tertiary alicyclic amines) is 1. The number of amides is 1. The minimum Gasteiger partial charge on any atom is -0.454 e. The first-order valence-corrected chi connectivity index (χ1v) is 10.8. The highest BCUT2D eigenvalue weighted by molar-refractivity contribution is 7.18. The average Bonchev–Trinajstić information content (AvgIpc) is 3.39. The number of thiazole rings is 1. The Morgan fingerprint density at radius 1 is 1.24 bits per heavy atom. The summed E-state index contributed by atoms with van der Waals surface area (Å²) in [7, 11) is 0. The Bertz CT molecular complexity index is 1020. The Morgan fingerprint density at radius 2 is 2.10 bits per heavy atom. The number of carbonyl (C=O) groups excluding carboxylic acids is 1. The van der Waals surface area contributed by atoms with E-state index in [1.807, 2.05) is 31.2 Å². The Balaban J connectivity index is 1.26. The number of hydrogen-bond donors (Lipinski definition) is 1. The molecule has 1 saturated heterocycles. The van der Waals surface area contributed by atoms with Gasteiger partial charge in [-0.05, 0) is 50.6 Å². The highest BCUT2D eigenvalue weighted by Crippen LogP contribution is 2.35. The molecule has 7 heteroatoms. The van der Waals surface area contributed by atoms with Gasteiger partial charge < -0.3 is 14.8 Å². The zero-order chi connectivity index (χ0) is 19.8. The van der Waals surface area contributed by atoms with Crippen molar-refractivity contribution in [2.24, 2.45) is 0 Å². The van der Waals surface area contributed by atoms with E-state index in [1.165, 1.54) is 9.71 Å². The molecule has 150 valence electrons. The second-order valence-corrected chi connectivity index (χ2v) is 8.65. The number of carbonyl (C=O) groups is 1. The van der Waals surface area contributed by atoms with E-state index in [0.29, 0.717) is 17.4 Å². The molecule has 3 aromatic rings. The number of para-hydroxylation sites is 1. The van der Waals surface area contributed by atoms with E-state index in [4.69, 9.17) is 14.5 Å². The van der Waals surface area contributed by atoms with Gasteiger partial charge in [0.1, 0.15) is 0 Å². The minimum absolute atomic E-state index is 0.00573. The van der Waals surface area contributed by atoms with Crippen molar-refractivity contribution in [2.75, 3.05) is 25.2 Å². The number of benzene rings is 2. The first-order valence-electron chi connectivity index (χ1n) is 9.97. The van der Waals surface area contributed by atoms with Crippen LogP contribution in [0, 0.1) is 0 Å². The summed E-state index contributed by atoms with van der Waals surface area (Å²) in [4.78, 5) is 20.0. The fourth-order valence-electron chi connectivity index (χ4n) is 4.01. The van der Waals surface area contributed by atoms with Crippen LogP contribution in [0.15, 0.2) is 42.5 Å². The van der Waals surface area contributed by atoms with Crippen molar-refractivity contribution >= 4 is 33.1 Å². The van der Waals surface area contributed by atoms with Crippen molar-refractivity contribution in [3.63, 3.8) is 0 Å². The summed E-state index contributed by atoms with van der Waals surface area (Å²) in [6, 6.07) is 13.5. The third kappa shape index (κ3) is 3.68. The normalized spacial score (nSPS) is 20.0. The van der Waals surface area contributed by atoms with Gasteiger partial charge in [0.15, 0.2) is 11.5 Å². The van der Waals surface area contributed by atoms with Crippen LogP contribution in [0.1, 0.15) is 30.7 Å². The number of ether oxygens (including phenoxy) is 2. The molecule has 1 amide bonds. The monoisotopic (exact) mass is 409 g/mol. The Kier molecular flexibility index (Phi) is 4.85. The van der Waals surface area contributed by atoms with Gasteiger partial charge >= 0.3 is 0 Å². The Morgan fingerprint density at radius 3 is 3.00 bits per heavy atom. The highest BCUT2D eigenvalue weighted by atomic mass is 32.1. The van der Waals surface area contributed by atoms with Crippen molar-refractivity contribution in [1.82, 2.24) is 9.88 Å². The molecular formula is C22H23N3O3S. The lowest BCUT2D eigenvalue weighted by Crippen LogP contribution is -2.46. The van der Waals surface area contributed by atoms with Gasteiger partial charge in [-0.3, -0.25) is 9.69 Å². The van der Waals surface area contributed by atoms with Crippen LogP contribution in [0.5, 0.6) is 11.5 Å². The lowest BCUT2D eigenvalue weighted by Gasteiger charge is -2.35. The molecule has 0 saturated carbocycles. The molecule has 2 atom stereocenters. The zero-order valence-corrected chi connectivity index (χ0v) is 17.1. The predicted molar refractivity (Wildman–Crippen MR) is 114 cm³/mol. The van der Waals surface area contributed by atoms with E-state index in [1.54, 1.807) is 11.3 Å². The molecule has 1 aromatic heterocycles. The smallest absolute Gasteiger partial charge is 0.241 e. The van der Waals surface area contributed by atoms with E-state index < -0.39 is 0 Å². The van der Waals surface area contributed by atoms with Crippen molar-refractivity contribution < 1.29 is 14.3 Å². The van der Waals surface area contributed by atoms with Gasteiger partial charge in [0.2, 0.25) is 12.7 Å². The summed E-state index contributed by atoms with van der Waals surface area (Å²) in [5.41, 5.74) is 1.80. The number of rotatable bonds is 4. The van der Waals surface area contributed by atoms with Crippen LogP contribution in [0.4, 0.5) is 5.69 Å². The van der Waals surface area contributed by atoms with Gasteiger partial charge in [-0.25, -0.2) is 4.98 Å². The maximum absolute atomic E-state index is 12.9. The maximum Gasteiger partial charge on any atom is 0.241 e. The van der Waals surface area contributed by atoms with E-state index in [9.17, 15) is 4.79 Å². The second-order valence-electron chi connectivity index (χ2n) is 7.59. The molecule has 2 aliphatic rings. The lowest BCUT2D eigenvalue weighted by molar-refractivity contribution is -0.121. The summed E-state index contributed by atoms with van der Waals surface area (Å²) in [5, 5.41) is 4.20. The average molecular weight is 410 g/mol. The van der Waals surface area contributed by atoms with Crippen LogP contribution < -0.4 is 14.8 Å². The van der Waals surface area contributed by atoms with Crippen molar-refractivity contribution in [3.8, 4) is 11.5 Å². The number of piperidine rings is 1. The van der Waals surface area contributed by atoms with Gasteiger partial charge in [-0.1, -0.05) is 12.1 Å². The molecule has 1 N–H and O–H groups in total. The molecule has 0 radical (unpaired) electrons. The Labute approximate surface area is 173 Å². The van der Waals surface area contributed by atoms with Crippen molar-refractivity contribution in [1.29, 1.82) is 0 Å². The SMILES string of the molecule is C[C@@H](C(=O)Nc1ccc2c(c1)OCO2)N1CCC[C@@H](c2nc3ccccc3s2)C1. The minimum atomic E-state index is -0.211. The van der Waals surface area contributed by atoms with Gasteiger partial charge in [0.05, 0.1) is 21.3 Å². The number of fused-ring (bicyclic) bond motifs is 2. The van der Waals surface area contributed by atoms with Crippen LogP contribution in [-0.4, -0.2) is 41.7 Å². The highest BCUT2D eigenvalue weighted by Gasteiger charge is 2.30. The molecule has 1 fully saturated rings. The summed E-state index contributed by atoms with van der Waals surface area (Å²) < 4.78 is 12.0. The first kappa shape index (κ1) is 18.4. The molecule has 5 rings (SSSR count). The molecule has 2 aliphatic heterocycles. The molecule has 3 heterocycles. The van der Waals surface area contributed by atoms with Gasteiger partial charge in [0.25, 0.3) is 0 Å². The largest absolute Gasteiger partial charge is 0.454 e. The Hall–Kier alpha value is -2.64. The van der Waals surface area contributed by atoms with Crippen LogP contribution >= 0.6 is 11.3 Å². The van der Waals surface area contributed by atoms with Crippen LogP contribution in [0.2, 0.25) is 0 Å². The molecule has 0 spiro atoms. The molecule has 0 unspecified atom stereocenters. The summed E-state index contributed by atoms with van der Waals surface area (Å²) in [6.07, 6.45) is 2.19. The fourth-order valence-corrected chi connectivity index (χ4v) is 5.10. The van der Waals surface area contributed by atoms with E-state index >= 15 is 0 Å².